The topological polar surface area (TPSA) is 9.23 Å². The monoisotopic (exact) mass is 136 g/mol. The van der Waals surface area contributed by atoms with Crippen molar-refractivity contribution < 1.29 is 13.5 Å². The van der Waals surface area contributed by atoms with E-state index in [-0.39, 0.29) is 0 Å². The van der Waals surface area contributed by atoms with E-state index in [0.29, 0.717) is 12.5 Å². The van der Waals surface area contributed by atoms with E-state index in [0.717, 1.165) is 12.8 Å². The van der Waals surface area contributed by atoms with Crippen LogP contribution in [0.25, 0.3) is 0 Å². The zero-order valence-electron chi connectivity index (χ0n) is 5.15. The van der Waals surface area contributed by atoms with Crippen molar-refractivity contribution in [1.29, 1.82) is 0 Å². The quantitative estimate of drug-likeness (QED) is 0.571. The van der Waals surface area contributed by atoms with Gasteiger partial charge >= 0.3 is 0 Å². The first-order chi connectivity index (χ1) is 4.29. The first-order valence-electron chi connectivity index (χ1n) is 3.15. The van der Waals surface area contributed by atoms with Crippen LogP contribution in [0.1, 0.15) is 12.8 Å². The minimum Gasteiger partial charge on any atom is -0.375 e. The van der Waals surface area contributed by atoms with Gasteiger partial charge in [0.1, 0.15) is 6.61 Å². The van der Waals surface area contributed by atoms with E-state index in [9.17, 15) is 8.78 Å². The molecule has 1 aliphatic rings. The van der Waals surface area contributed by atoms with E-state index < -0.39 is 13.0 Å². The van der Waals surface area contributed by atoms with Gasteiger partial charge in [-0.3, -0.25) is 0 Å². The summed E-state index contributed by atoms with van der Waals surface area (Å²) in [7, 11) is 0. The molecule has 0 unspecified atom stereocenters. The maximum atomic E-state index is 11.4. The molecule has 0 aromatic rings. The zero-order chi connectivity index (χ0) is 6.69. The minimum absolute atomic E-state index is 0.392. The second kappa shape index (κ2) is 3.11. The zero-order valence-corrected chi connectivity index (χ0v) is 5.15. The van der Waals surface area contributed by atoms with E-state index >= 15 is 0 Å². The fraction of sp³-hybridized carbons (Fsp3) is 1.00. The van der Waals surface area contributed by atoms with Crippen molar-refractivity contribution in [3.05, 3.63) is 0 Å². The molecular weight excluding hydrogens is 126 g/mol. The molecular formula is C6H10F2O. The Morgan fingerprint density at radius 1 is 1.44 bits per heavy atom. The van der Waals surface area contributed by atoms with Gasteiger partial charge in [0.25, 0.3) is 6.43 Å². The third kappa shape index (κ3) is 3.40. The molecule has 1 fully saturated rings. The van der Waals surface area contributed by atoms with Crippen molar-refractivity contribution in [2.45, 2.75) is 19.3 Å². The van der Waals surface area contributed by atoms with Gasteiger partial charge in [0.2, 0.25) is 0 Å². The fourth-order valence-corrected chi connectivity index (χ4v) is 0.608. The third-order valence-electron chi connectivity index (χ3n) is 1.29. The van der Waals surface area contributed by atoms with Crippen molar-refractivity contribution >= 4 is 0 Å². The number of hydrogen-bond donors (Lipinski definition) is 0. The van der Waals surface area contributed by atoms with E-state index in [4.69, 9.17) is 0 Å². The lowest BCUT2D eigenvalue weighted by molar-refractivity contribution is 0.0136. The highest BCUT2D eigenvalue weighted by atomic mass is 19.3. The Morgan fingerprint density at radius 2 is 2.11 bits per heavy atom. The Labute approximate surface area is 53.0 Å². The Kier molecular flexibility index (Phi) is 2.39. The van der Waals surface area contributed by atoms with Crippen LogP contribution in [0.15, 0.2) is 0 Å². The average Bonchev–Trinajstić information content (AvgIpc) is 2.48. The summed E-state index contributed by atoms with van der Waals surface area (Å²) in [4.78, 5) is 0. The molecule has 0 heterocycles. The van der Waals surface area contributed by atoms with Crippen molar-refractivity contribution in [2.75, 3.05) is 13.2 Å². The first kappa shape index (κ1) is 6.93. The molecule has 0 aromatic carbocycles. The molecule has 0 aliphatic heterocycles. The number of ether oxygens (including phenoxy) is 1. The normalized spacial score (nSPS) is 19.0. The Balaban J connectivity index is 1.81. The van der Waals surface area contributed by atoms with Crippen LogP contribution in [0, 0.1) is 5.92 Å². The van der Waals surface area contributed by atoms with Crippen molar-refractivity contribution in [2.24, 2.45) is 5.92 Å². The van der Waals surface area contributed by atoms with Crippen LogP contribution in [0.4, 0.5) is 8.78 Å². The van der Waals surface area contributed by atoms with Crippen molar-refractivity contribution in [1.82, 2.24) is 0 Å². The predicted octanol–water partition coefficient (Wildman–Crippen LogP) is 1.68. The van der Waals surface area contributed by atoms with Crippen LogP contribution in [0.2, 0.25) is 0 Å². The largest absolute Gasteiger partial charge is 0.375 e. The van der Waals surface area contributed by atoms with Gasteiger partial charge in [0.15, 0.2) is 0 Å². The van der Waals surface area contributed by atoms with Gasteiger partial charge in [0, 0.05) is 6.61 Å². The maximum absolute atomic E-state index is 11.4. The molecule has 0 amide bonds. The van der Waals surface area contributed by atoms with Gasteiger partial charge < -0.3 is 4.74 Å². The average molecular weight is 136 g/mol. The molecule has 1 aliphatic carbocycles. The van der Waals surface area contributed by atoms with Crippen LogP contribution in [0.3, 0.4) is 0 Å². The standard InChI is InChI=1S/C6H10F2O/c7-6(8)4-9-3-5-1-2-5/h5-6H,1-4H2. The molecule has 1 saturated carbocycles. The summed E-state index contributed by atoms with van der Waals surface area (Å²) >= 11 is 0. The molecule has 1 rings (SSSR count). The summed E-state index contributed by atoms with van der Waals surface area (Å²) in [5, 5.41) is 0. The molecule has 0 atom stereocenters. The second-order valence-electron chi connectivity index (χ2n) is 2.37. The van der Waals surface area contributed by atoms with E-state index in [2.05, 4.69) is 4.74 Å². The Bertz CT molecular complexity index is 79.1. The number of alkyl halides is 2. The molecule has 0 saturated heterocycles. The molecule has 0 bridgehead atoms. The molecule has 54 valence electrons. The van der Waals surface area contributed by atoms with Crippen LogP contribution in [0.5, 0.6) is 0 Å². The number of rotatable bonds is 4. The first-order valence-corrected chi connectivity index (χ1v) is 3.15. The summed E-state index contributed by atoms with van der Waals surface area (Å²) in [6.45, 7) is 0.140. The SMILES string of the molecule is FC(F)COCC1CC1. The van der Waals surface area contributed by atoms with Crippen LogP contribution >= 0.6 is 0 Å². The van der Waals surface area contributed by atoms with Gasteiger partial charge in [-0.25, -0.2) is 8.78 Å². The second-order valence-corrected chi connectivity index (χ2v) is 2.37. The molecule has 0 N–H and O–H groups in total. The highest BCUT2D eigenvalue weighted by molar-refractivity contribution is 4.71. The van der Waals surface area contributed by atoms with E-state index in [1.54, 1.807) is 0 Å². The molecule has 0 aromatic heterocycles. The molecule has 9 heavy (non-hydrogen) atoms. The smallest absolute Gasteiger partial charge is 0.261 e. The summed E-state index contributed by atoms with van der Waals surface area (Å²) in [5.41, 5.74) is 0. The van der Waals surface area contributed by atoms with Crippen LogP contribution in [-0.4, -0.2) is 19.6 Å². The Hall–Kier alpha value is -0.180. The van der Waals surface area contributed by atoms with E-state index in [1.807, 2.05) is 0 Å². The maximum Gasteiger partial charge on any atom is 0.261 e. The number of halogens is 2. The van der Waals surface area contributed by atoms with E-state index in [1.165, 1.54) is 0 Å². The minimum atomic E-state index is -2.30. The van der Waals surface area contributed by atoms with Gasteiger partial charge in [0.05, 0.1) is 0 Å². The highest BCUT2D eigenvalue weighted by Crippen LogP contribution is 2.28. The molecule has 3 heteroatoms. The lowest BCUT2D eigenvalue weighted by atomic mass is 10.5. The summed E-state index contributed by atoms with van der Waals surface area (Å²) in [5.74, 6) is 0.587. The predicted molar refractivity (Wildman–Crippen MR) is 29.5 cm³/mol. The van der Waals surface area contributed by atoms with Crippen molar-refractivity contribution in [3.8, 4) is 0 Å². The molecule has 1 nitrogen and oxygen atoms in total. The van der Waals surface area contributed by atoms with Crippen LogP contribution in [-0.2, 0) is 4.74 Å². The summed E-state index contributed by atoms with van der Waals surface area (Å²) in [6.07, 6.45) is 0.00990. The summed E-state index contributed by atoms with van der Waals surface area (Å²) in [6, 6.07) is 0. The third-order valence-corrected chi connectivity index (χ3v) is 1.29. The van der Waals surface area contributed by atoms with Crippen LogP contribution < -0.4 is 0 Å². The molecule has 0 spiro atoms. The van der Waals surface area contributed by atoms with Gasteiger partial charge in [-0.05, 0) is 18.8 Å². The molecule has 0 radical (unpaired) electrons. The van der Waals surface area contributed by atoms with Gasteiger partial charge in [-0.1, -0.05) is 0 Å². The number of hydrogen-bond acceptors (Lipinski definition) is 1. The lowest BCUT2D eigenvalue weighted by Gasteiger charge is -1.99. The lowest BCUT2D eigenvalue weighted by Crippen LogP contribution is -2.05. The highest BCUT2D eigenvalue weighted by Gasteiger charge is 2.21. The van der Waals surface area contributed by atoms with Gasteiger partial charge in [-0.2, -0.15) is 0 Å². The van der Waals surface area contributed by atoms with Crippen molar-refractivity contribution in [3.63, 3.8) is 0 Å². The fourth-order valence-electron chi connectivity index (χ4n) is 0.608. The Morgan fingerprint density at radius 3 is 2.56 bits per heavy atom. The summed E-state index contributed by atoms with van der Waals surface area (Å²) < 4.78 is 27.4. The van der Waals surface area contributed by atoms with Gasteiger partial charge in [-0.15, -0.1) is 0 Å².